The summed E-state index contributed by atoms with van der Waals surface area (Å²) in [6, 6.07) is 5.11. The first kappa shape index (κ1) is 22.8. The average molecular weight is 443 g/mol. The molecule has 0 bridgehead atoms. The molecule has 11 heteroatoms. The van der Waals surface area contributed by atoms with Crippen molar-refractivity contribution in [2.24, 2.45) is 7.05 Å². The fraction of sp³-hybridized carbons (Fsp3) is 0.333. The van der Waals surface area contributed by atoms with E-state index < -0.39 is 39.9 Å². The average Bonchev–Trinajstić information content (AvgIpc) is 3.18. The van der Waals surface area contributed by atoms with Gasteiger partial charge in [-0.2, -0.15) is 0 Å². The number of ketones is 1. The monoisotopic (exact) mass is 443 g/mol. The van der Waals surface area contributed by atoms with Crippen LogP contribution in [0.15, 0.2) is 33.5 Å². The number of aryl methyl sites for hydroxylation is 1. The minimum absolute atomic E-state index is 0.0979. The van der Waals surface area contributed by atoms with Crippen LogP contribution in [0.3, 0.4) is 0 Å². The number of aromatic nitrogens is 4. The molecule has 0 fully saturated rings. The Hall–Kier alpha value is -3.89. The lowest BCUT2D eigenvalue weighted by atomic mass is 9.85. The number of amides is 1. The van der Waals surface area contributed by atoms with Crippen molar-refractivity contribution in [1.82, 2.24) is 19.7 Å². The molecular weight excluding hydrogens is 421 g/mol. The molecule has 1 N–H and O–H groups in total. The number of hydrogen-bond acceptors (Lipinski definition) is 8. The molecule has 1 amide bonds. The van der Waals surface area contributed by atoms with Crippen molar-refractivity contribution in [3.8, 4) is 5.75 Å². The van der Waals surface area contributed by atoms with Gasteiger partial charge in [-0.1, -0.05) is 13.8 Å². The Bertz CT molecular complexity index is 1250. The quantitative estimate of drug-likeness (QED) is 0.573. The molecule has 3 aromatic rings. The molecule has 0 aliphatic heterocycles. The fourth-order valence-electron chi connectivity index (χ4n) is 3.25. The molecule has 0 radical (unpaired) electrons. The van der Waals surface area contributed by atoms with Gasteiger partial charge in [0, 0.05) is 38.5 Å². The second-order valence-electron chi connectivity index (χ2n) is 7.95. The van der Waals surface area contributed by atoms with Gasteiger partial charge in [0.2, 0.25) is 17.4 Å². The van der Waals surface area contributed by atoms with E-state index in [2.05, 4.69) is 15.2 Å². The topological polar surface area (TPSA) is 131 Å². The summed E-state index contributed by atoms with van der Waals surface area (Å²) in [5.74, 6) is -2.39. The first-order chi connectivity index (χ1) is 14.9. The second-order valence-corrected chi connectivity index (χ2v) is 7.95. The largest absolute Gasteiger partial charge is 0.501 e. The van der Waals surface area contributed by atoms with Crippen molar-refractivity contribution in [2.45, 2.75) is 32.6 Å². The van der Waals surface area contributed by atoms with Crippen molar-refractivity contribution in [3.05, 3.63) is 63.7 Å². The molecule has 3 rings (SSSR count). The minimum Gasteiger partial charge on any atom is -0.501 e. The summed E-state index contributed by atoms with van der Waals surface area (Å²) < 4.78 is 19.4. The predicted octanol–water partition coefficient (Wildman–Crippen LogP) is 2.14. The zero-order valence-corrected chi connectivity index (χ0v) is 18.2. The highest BCUT2D eigenvalue weighted by Crippen LogP contribution is 2.28. The van der Waals surface area contributed by atoms with Gasteiger partial charge in [0.25, 0.3) is 17.4 Å². The minimum atomic E-state index is -1.04. The van der Waals surface area contributed by atoms with E-state index in [9.17, 15) is 23.9 Å². The molecule has 0 aliphatic rings. The summed E-state index contributed by atoms with van der Waals surface area (Å²) in [5.41, 5.74) is -2.03. The molecule has 0 spiro atoms. The van der Waals surface area contributed by atoms with E-state index in [1.165, 1.54) is 38.4 Å². The van der Waals surface area contributed by atoms with Crippen LogP contribution in [0.1, 0.15) is 53.2 Å². The highest BCUT2D eigenvalue weighted by atomic mass is 19.1. The Labute approximate surface area is 182 Å². The Kier molecular flexibility index (Phi) is 5.93. The number of Topliss-reactive ketones (excluding diaryl/α,β-unsaturated/α-hetero) is 1. The molecule has 0 unspecified atom stereocenters. The molecule has 2 heterocycles. The second kappa shape index (κ2) is 8.33. The van der Waals surface area contributed by atoms with Gasteiger partial charge < -0.3 is 14.4 Å². The molecule has 0 aliphatic carbocycles. The van der Waals surface area contributed by atoms with E-state index in [0.717, 1.165) is 9.47 Å². The maximum Gasteiger partial charge on any atom is 0.296 e. The summed E-state index contributed by atoms with van der Waals surface area (Å²) >= 11 is 0. The Morgan fingerprint density at radius 3 is 2.41 bits per heavy atom. The number of hydrogen-bond donors (Lipinski definition) is 1. The molecule has 0 saturated carbocycles. The van der Waals surface area contributed by atoms with E-state index in [-0.39, 0.29) is 24.0 Å². The van der Waals surface area contributed by atoms with Crippen LogP contribution in [0.4, 0.5) is 10.1 Å². The number of halogens is 1. The molecule has 32 heavy (non-hydrogen) atoms. The van der Waals surface area contributed by atoms with E-state index >= 15 is 0 Å². The lowest BCUT2D eigenvalue weighted by molar-refractivity contribution is 0.0919. The third-order valence-corrected chi connectivity index (χ3v) is 4.96. The number of rotatable bonds is 6. The molecule has 168 valence electrons. The molecule has 0 atom stereocenters. The first-order valence-corrected chi connectivity index (χ1v) is 9.59. The zero-order chi connectivity index (χ0) is 23.8. The van der Waals surface area contributed by atoms with Crippen LogP contribution in [0.2, 0.25) is 0 Å². The van der Waals surface area contributed by atoms with Crippen LogP contribution in [0, 0.1) is 12.7 Å². The number of carbonyl (C=O) groups is 2. The normalized spacial score (nSPS) is 11.4. The fourth-order valence-corrected chi connectivity index (χ4v) is 3.25. The Morgan fingerprint density at radius 2 is 1.84 bits per heavy atom. The maximum atomic E-state index is 13.2. The Morgan fingerprint density at radius 1 is 1.22 bits per heavy atom. The van der Waals surface area contributed by atoms with Crippen LogP contribution in [-0.4, -0.2) is 43.6 Å². The highest BCUT2D eigenvalue weighted by Gasteiger charge is 2.34. The SMILES string of the molecule is Cc1nnc(C(=O)CC(C)(C)c2nc(C(=O)N(C)c3ccc(F)cc3)c(O)c(=O)n2C)o1. The number of anilines is 1. The highest BCUT2D eigenvalue weighted by molar-refractivity contribution is 6.06. The Balaban J connectivity index is 2.00. The van der Waals surface area contributed by atoms with Crippen molar-refractivity contribution in [1.29, 1.82) is 0 Å². The summed E-state index contributed by atoms with van der Waals surface area (Å²) in [6.45, 7) is 4.87. The van der Waals surface area contributed by atoms with Gasteiger partial charge in [-0.25, -0.2) is 9.37 Å². The lowest BCUT2D eigenvalue weighted by Crippen LogP contribution is -2.36. The van der Waals surface area contributed by atoms with E-state index in [0.29, 0.717) is 5.69 Å². The molecule has 10 nitrogen and oxygen atoms in total. The number of nitrogens with zero attached hydrogens (tertiary/aromatic N) is 5. The van der Waals surface area contributed by atoms with Gasteiger partial charge in [0.1, 0.15) is 11.6 Å². The predicted molar refractivity (Wildman–Crippen MR) is 111 cm³/mol. The van der Waals surface area contributed by atoms with Crippen LogP contribution in [-0.2, 0) is 12.5 Å². The number of aromatic hydroxyl groups is 1. The summed E-state index contributed by atoms with van der Waals surface area (Å²) in [7, 11) is 2.78. The summed E-state index contributed by atoms with van der Waals surface area (Å²) in [4.78, 5) is 43.6. The standard InChI is InChI=1S/C21H22FN5O5/c1-11-24-25-17(32-11)14(28)10-21(2,3)20-23-15(16(29)19(31)27(20)5)18(30)26(4)13-8-6-12(22)7-9-13/h6-9,29H,10H2,1-5H3. The van der Waals surface area contributed by atoms with Crippen LogP contribution < -0.4 is 10.5 Å². The van der Waals surface area contributed by atoms with Crippen LogP contribution in [0.5, 0.6) is 5.75 Å². The van der Waals surface area contributed by atoms with Gasteiger partial charge >= 0.3 is 0 Å². The van der Waals surface area contributed by atoms with Gasteiger partial charge in [-0.15, -0.1) is 10.2 Å². The maximum absolute atomic E-state index is 13.2. The third-order valence-electron chi connectivity index (χ3n) is 4.96. The summed E-state index contributed by atoms with van der Waals surface area (Å²) in [6.07, 6.45) is -0.152. The van der Waals surface area contributed by atoms with Gasteiger partial charge in [-0.3, -0.25) is 19.0 Å². The van der Waals surface area contributed by atoms with E-state index in [1.54, 1.807) is 20.8 Å². The first-order valence-electron chi connectivity index (χ1n) is 9.59. The molecule has 2 aromatic heterocycles. The van der Waals surface area contributed by atoms with Gasteiger partial charge in [0.15, 0.2) is 5.69 Å². The van der Waals surface area contributed by atoms with Crippen molar-refractivity contribution < 1.29 is 23.5 Å². The van der Waals surface area contributed by atoms with Crippen molar-refractivity contribution >= 4 is 17.4 Å². The van der Waals surface area contributed by atoms with Crippen LogP contribution >= 0.6 is 0 Å². The third kappa shape index (κ3) is 4.27. The summed E-state index contributed by atoms with van der Waals surface area (Å²) in [5, 5.41) is 17.7. The van der Waals surface area contributed by atoms with Gasteiger partial charge in [0.05, 0.1) is 0 Å². The van der Waals surface area contributed by atoms with E-state index in [4.69, 9.17) is 4.42 Å². The van der Waals surface area contributed by atoms with E-state index in [1.807, 2.05) is 0 Å². The van der Waals surface area contributed by atoms with Crippen molar-refractivity contribution in [2.75, 3.05) is 11.9 Å². The zero-order valence-electron chi connectivity index (χ0n) is 18.2. The molecule has 1 aromatic carbocycles. The smallest absolute Gasteiger partial charge is 0.296 e. The lowest BCUT2D eigenvalue weighted by Gasteiger charge is -2.26. The van der Waals surface area contributed by atoms with Crippen molar-refractivity contribution in [3.63, 3.8) is 0 Å². The number of carbonyl (C=O) groups excluding carboxylic acids is 2. The van der Waals surface area contributed by atoms with Gasteiger partial charge in [-0.05, 0) is 24.3 Å². The molecule has 0 saturated heterocycles. The van der Waals surface area contributed by atoms with Crippen LogP contribution in [0.25, 0.3) is 0 Å². The number of benzene rings is 1. The molecular formula is C21H22FN5O5.